The van der Waals surface area contributed by atoms with E-state index in [-0.39, 0.29) is 0 Å². The lowest BCUT2D eigenvalue weighted by atomic mass is 10.0. The molecule has 0 atom stereocenters. The zero-order chi connectivity index (χ0) is 30.9. The molecule has 0 saturated heterocycles. The molecular weight excluding hydrogens is 609 g/mol. The monoisotopic (exact) mass is 634 g/mol. The van der Waals surface area contributed by atoms with Crippen LogP contribution in [-0.4, -0.2) is 4.98 Å². The van der Waals surface area contributed by atoms with Crippen molar-refractivity contribution in [2.75, 3.05) is 4.90 Å². The smallest absolute Gasteiger partial charge is 0.124 e. The number of aromatic nitrogens is 1. The third-order valence-corrected chi connectivity index (χ3v) is 11.6. The van der Waals surface area contributed by atoms with Gasteiger partial charge in [-0.15, -0.1) is 22.7 Å². The third kappa shape index (κ3) is 4.19. The number of anilines is 3. The summed E-state index contributed by atoms with van der Waals surface area (Å²) < 4.78 is 2.59. The molecule has 2 nitrogen and oxygen atoms in total. The summed E-state index contributed by atoms with van der Waals surface area (Å²) >= 11 is 3.66. The molecule has 0 spiro atoms. The van der Waals surface area contributed by atoms with Crippen LogP contribution in [0.4, 0.5) is 17.1 Å². The van der Waals surface area contributed by atoms with E-state index in [2.05, 4.69) is 163 Å². The molecule has 2 aromatic heterocycles. The Morgan fingerprint density at radius 1 is 0.489 bits per heavy atom. The molecule has 0 fully saturated rings. The predicted octanol–water partition coefficient (Wildman–Crippen LogP) is 13.1. The van der Waals surface area contributed by atoms with E-state index < -0.39 is 0 Å². The Hall–Kier alpha value is -5.55. The first-order chi connectivity index (χ1) is 23.3. The molecule has 0 amide bonds. The van der Waals surface area contributed by atoms with Gasteiger partial charge in [0.05, 0.1) is 21.0 Å². The van der Waals surface area contributed by atoms with Crippen LogP contribution in [0.5, 0.6) is 0 Å². The van der Waals surface area contributed by atoms with E-state index >= 15 is 0 Å². The van der Waals surface area contributed by atoms with E-state index in [9.17, 15) is 0 Å². The Bertz CT molecular complexity index is 2620. The van der Waals surface area contributed by atoms with Gasteiger partial charge in [-0.1, -0.05) is 121 Å². The summed E-state index contributed by atoms with van der Waals surface area (Å²) in [6, 6.07) is 57.0. The van der Waals surface area contributed by atoms with Crippen molar-refractivity contribution in [1.82, 2.24) is 4.98 Å². The van der Waals surface area contributed by atoms with Crippen molar-refractivity contribution in [1.29, 1.82) is 0 Å². The zero-order valence-corrected chi connectivity index (χ0v) is 26.9. The molecule has 2 heterocycles. The maximum absolute atomic E-state index is 5.20. The van der Waals surface area contributed by atoms with Crippen LogP contribution in [0.15, 0.2) is 158 Å². The fourth-order valence-electron chi connectivity index (χ4n) is 7.08. The van der Waals surface area contributed by atoms with Crippen LogP contribution in [0.2, 0.25) is 0 Å². The first-order valence-electron chi connectivity index (χ1n) is 15.8. The third-order valence-electron chi connectivity index (χ3n) is 9.22. The van der Waals surface area contributed by atoms with E-state index in [1.807, 2.05) is 11.3 Å². The molecule has 220 valence electrons. The minimum Gasteiger partial charge on any atom is -0.309 e. The van der Waals surface area contributed by atoms with E-state index in [0.717, 1.165) is 27.6 Å². The maximum atomic E-state index is 5.20. The first kappa shape index (κ1) is 26.6. The van der Waals surface area contributed by atoms with Gasteiger partial charge < -0.3 is 4.90 Å². The van der Waals surface area contributed by atoms with Gasteiger partial charge in [0.1, 0.15) is 5.01 Å². The fourth-order valence-corrected chi connectivity index (χ4v) is 9.39. The van der Waals surface area contributed by atoms with Crippen molar-refractivity contribution >= 4 is 70.7 Å². The Kier molecular flexibility index (Phi) is 5.95. The van der Waals surface area contributed by atoms with Gasteiger partial charge in [0, 0.05) is 43.5 Å². The molecule has 47 heavy (non-hydrogen) atoms. The number of thiophene rings is 1. The van der Waals surface area contributed by atoms with Crippen molar-refractivity contribution in [2.45, 2.75) is 0 Å². The highest BCUT2D eigenvalue weighted by Crippen LogP contribution is 2.54. The van der Waals surface area contributed by atoms with Gasteiger partial charge in [-0.2, -0.15) is 0 Å². The number of hydrogen-bond donors (Lipinski definition) is 0. The summed E-state index contributed by atoms with van der Waals surface area (Å²) in [5.74, 6) is 0. The van der Waals surface area contributed by atoms with Crippen molar-refractivity contribution in [3.63, 3.8) is 0 Å². The quantitative estimate of drug-likeness (QED) is 0.187. The molecule has 9 aromatic rings. The molecular formula is C43H26N2S2. The Morgan fingerprint density at radius 2 is 1.19 bits per heavy atom. The molecule has 4 heteroatoms. The summed E-state index contributed by atoms with van der Waals surface area (Å²) in [5, 5.41) is 6.18. The molecule has 7 aromatic carbocycles. The minimum atomic E-state index is 1.06. The van der Waals surface area contributed by atoms with Crippen molar-refractivity contribution < 1.29 is 0 Å². The van der Waals surface area contributed by atoms with E-state index in [1.54, 1.807) is 11.3 Å². The van der Waals surface area contributed by atoms with Crippen LogP contribution in [0, 0.1) is 0 Å². The summed E-state index contributed by atoms with van der Waals surface area (Å²) in [6.45, 7) is 0. The molecule has 10 rings (SSSR count). The lowest BCUT2D eigenvalue weighted by Gasteiger charge is -2.27. The molecule has 0 bridgehead atoms. The van der Waals surface area contributed by atoms with Gasteiger partial charge in [0.25, 0.3) is 0 Å². The average Bonchev–Trinajstić information content (AvgIpc) is 3.83. The molecule has 0 aliphatic heterocycles. The topological polar surface area (TPSA) is 16.1 Å². The number of hydrogen-bond acceptors (Lipinski definition) is 4. The van der Waals surface area contributed by atoms with Gasteiger partial charge in [-0.3, -0.25) is 0 Å². The van der Waals surface area contributed by atoms with Crippen molar-refractivity contribution in [3.8, 4) is 43.4 Å². The number of fused-ring (bicyclic) bond motifs is 6. The second kappa shape index (κ2) is 10.5. The number of thiazole rings is 1. The van der Waals surface area contributed by atoms with E-state index in [0.29, 0.717) is 0 Å². The van der Waals surface area contributed by atoms with Crippen molar-refractivity contribution in [3.05, 3.63) is 158 Å². The highest BCUT2D eigenvalue weighted by molar-refractivity contribution is 7.26. The second-order valence-corrected chi connectivity index (χ2v) is 14.0. The Morgan fingerprint density at radius 3 is 2.02 bits per heavy atom. The molecule has 1 aliphatic rings. The number of nitrogens with zero attached hydrogens (tertiary/aromatic N) is 2. The first-order valence-corrected chi connectivity index (χ1v) is 17.4. The Balaban J connectivity index is 1.21. The molecule has 0 radical (unpaired) electrons. The number of benzene rings is 7. The Labute approximate surface area is 280 Å². The van der Waals surface area contributed by atoms with Crippen LogP contribution in [0.1, 0.15) is 0 Å². The average molecular weight is 635 g/mol. The SMILES string of the molecule is c1ccc(-c2ccc(N(c3cc4c5c(cccc5c3)-c3nc(-c5ccccc5)sc3-4)c3cccc4c3sc3ccccc34)cc2)cc1. The van der Waals surface area contributed by atoms with Gasteiger partial charge in [0.2, 0.25) is 0 Å². The van der Waals surface area contributed by atoms with Gasteiger partial charge in [0.15, 0.2) is 0 Å². The molecule has 0 unspecified atom stereocenters. The summed E-state index contributed by atoms with van der Waals surface area (Å²) in [7, 11) is 0. The molecule has 0 N–H and O–H groups in total. The standard InChI is InChI=1S/C43H26N2S2/c1-3-11-27(12-4-1)28-21-23-31(24-22-28)45(37-19-10-17-34-33-16-7-8-20-38(33)46-41(34)37)32-25-30-15-9-18-35-39(30)36(26-32)42-40(35)44-43(47-42)29-13-5-2-6-14-29/h1-26H. The normalized spacial score (nSPS) is 11.8. The summed E-state index contributed by atoms with van der Waals surface area (Å²) in [4.78, 5) is 8.90. The lowest BCUT2D eigenvalue weighted by Crippen LogP contribution is -2.10. The van der Waals surface area contributed by atoms with Crippen LogP contribution in [-0.2, 0) is 0 Å². The number of rotatable bonds is 5. The van der Waals surface area contributed by atoms with Gasteiger partial charge in [-0.05, 0) is 58.3 Å². The predicted molar refractivity (Wildman–Crippen MR) is 202 cm³/mol. The van der Waals surface area contributed by atoms with Crippen molar-refractivity contribution in [2.24, 2.45) is 0 Å². The van der Waals surface area contributed by atoms with E-state index in [4.69, 9.17) is 4.98 Å². The van der Waals surface area contributed by atoms with Gasteiger partial charge in [-0.25, -0.2) is 4.98 Å². The van der Waals surface area contributed by atoms with Gasteiger partial charge >= 0.3 is 0 Å². The minimum absolute atomic E-state index is 1.06. The fraction of sp³-hybridized carbons (Fsp3) is 0. The van der Waals surface area contributed by atoms with E-state index in [1.165, 1.54) is 63.8 Å². The summed E-state index contributed by atoms with van der Waals surface area (Å²) in [6.07, 6.45) is 0. The lowest BCUT2D eigenvalue weighted by molar-refractivity contribution is 1.31. The highest BCUT2D eigenvalue weighted by Gasteiger charge is 2.28. The molecule has 0 saturated carbocycles. The largest absolute Gasteiger partial charge is 0.309 e. The maximum Gasteiger partial charge on any atom is 0.124 e. The molecule has 1 aliphatic carbocycles. The second-order valence-electron chi connectivity index (χ2n) is 12.0. The highest BCUT2D eigenvalue weighted by atomic mass is 32.1. The summed E-state index contributed by atoms with van der Waals surface area (Å²) in [5.41, 5.74) is 10.6. The van der Waals surface area contributed by atoms with Crippen LogP contribution < -0.4 is 4.90 Å². The van der Waals surface area contributed by atoms with Crippen LogP contribution in [0.25, 0.3) is 74.3 Å². The van der Waals surface area contributed by atoms with Crippen LogP contribution >= 0.6 is 22.7 Å². The zero-order valence-electron chi connectivity index (χ0n) is 25.2. The van der Waals surface area contributed by atoms with Crippen LogP contribution in [0.3, 0.4) is 0 Å².